The van der Waals surface area contributed by atoms with Crippen LogP contribution < -0.4 is 5.32 Å². The first kappa shape index (κ1) is 11.5. The van der Waals surface area contributed by atoms with Crippen LogP contribution >= 0.6 is 17.0 Å². The SMILES string of the molecule is Br.O=C1CCCN1.[H-].[H-].[Mg+2]. The van der Waals surface area contributed by atoms with Gasteiger partial charge in [-0.1, -0.05) is 0 Å². The van der Waals surface area contributed by atoms with Crippen molar-refractivity contribution in [1.29, 1.82) is 0 Å². The Morgan fingerprint density at radius 1 is 1.62 bits per heavy atom. The van der Waals surface area contributed by atoms with Gasteiger partial charge in [0.1, 0.15) is 0 Å². The molecule has 0 unspecified atom stereocenters. The quantitative estimate of drug-likeness (QED) is 0.550. The fourth-order valence-electron chi connectivity index (χ4n) is 0.565. The van der Waals surface area contributed by atoms with Crippen molar-refractivity contribution in [2.45, 2.75) is 12.8 Å². The molecule has 1 N–H and O–H groups in total. The molecule has 0 aromatic carbocycles. The Bertz CT molecular complexity index is 77.7. The van der Waals surface area contributed by atoms with Gasteiger partial charge in [-0.3, -0.25) is 4.79 Å². The van der Waals surface area contributed by atoms with Crippen molar-refractivity contribution in [3.63, 3.8) is 0 Å². The molecule has 0 aliphatic carbocycles. The number of rotatable bonds is 0. The maximum absolute atomic E-state index is 10.1. The van der Waals surface area contributed by atoms with Crippen LogP contribution in [0, 0.1) is 0 Å². The molecule has 0 aromatic heterocycles. The zero-order chi connectivity index (χ0) is 4.41. The minimum atomic E-state index is 0. The summed E-state index contributed by atoms with van der Waals surface area (Å²) in [6.45, 7) is 0.888. The topological polar surface area (TPSA) is 29.1 Å². The smallest absolute Gasteiger partial charge is 1.00 e. The number of carbonyl (C=O) groups is 1. The minimum Gasteiger partial charge on any atom is -1.00 e. The molecule has 0 aromatic rings. The summed E-state index contributed by atoms with van der Waals surface area (Å²) in [5.74, 6) is 0.204. The van der Waals surface area contributed by atoms with E-state index in [-0.39, 0.29) is 48.8 Å². The monoisotopic (exact) mass is 191 g/mol. The molecule has 1 aliphatic heterocycles. The van der Waals surface area contributed by atoms with Gasteiger partial charge < -0.3 is 8.17 Å². The average Bonchev–Trinajstić information content (AvgIpc) is 1.86. The standard InChI is InChI=1S/C4H7NO.BrH.Mg.2H/c6-4-2-1-3-5-4;;;;/h1-3H2,(H,5,6);1H;;;/q;;+2;2*-1. The molecule has 8 heavy (non-hydrogen) atoms. The molecule has 4 heteroatoms. The predicted octanol–water partition coefficient (Wildman–Crippen LogP) is 0.319. The maximum atomic E-state index is 10.1. The third-order valence-corrected chi connectivity index (χ3v) is 0.903. The molecule has 0 saturated carbocycles. The first-order valence-electron chi connectivity index (χ1n) is 2.16. The second-order valence-electron chi connectivity index (χ2n) is 1.45. The number of nitrogens with one attached hydrogen (secondary N) is 1. The van der Waals surface area contributed by atoms with Crippen LogP contribution in [-0.4, -0.2) is 35.5 Å². The summed E-state index contributed by atoms with van der Waals surface area (Å²) in [4.78, 5) is 10.1. The van der Waals surface area contributed by atoms with Gasteiger partial charge in [-0.05, 0) is 6.42 Å². The molecule has 1 aliphatic rings. The summed E-state index contributed by atoms with van der Waals surface area (Å²) in [6, 6.07) is 0. The molecule has 0 radical (unpaired) electrons. The van der Waals surface area contributed by atoms with E-state index in [2.05, 4.69) is 5.32 Å². The Kier molecular flexibility index (Phi) is 8.41. The second kappa shape index (κ2) is 5.85. The van der Waals surface area contributed by atoms with Crippen molar-refractivity contribution in [3.8, 4) is 0 Å². The molecule has 1 heterocycles. The van der Waals surface area contributed by atoms with Crippen molar-refractivity contribution in [2.75, 3.05) is 6.54 Å². The summed E-state index contributed by atoms with van der Waals surface area (Å²) in [7, 11) is 0. The van der Waals surface area contributed by atoms with Crippen LogP contribution in [0.2, 0.25) is 0 Å². The van der Waals surface area contributed by atoms with Crippen molar-refractivity contribution in [2.24, 2.45) is 0 Å². The van der Waals surface area contributed by atoms with E-state index in [0.717, 1.165) is 19.4 Å². The van der Waals surface area contributed by atoms with Gasteiger partial charge in [-0.2, -0.15) is 0 Å². The predicted molar refractivity (Wildman–Crippen MR) is 40.5 cm³/mol. The van der Waals surface area contributed by atoms with E-state index in [1.165, 1.54) is 0 Å². The molecule has 0 bridgehead atoms. The van der Waals surface area contributed by atoms with Crippen LogP contribution in [0.3, 0.4) is 0 Å². The fraction of sp³-hybridized carbons (Fsp3) is 0.750. The molecule has 1 amide bonds. The van der Waals surface area contributed by atoms with Crippen molar-refractivity contribution in [3.05, 3.63) is 0 Å². The van der Waals surface area contributed by atoms with E-state index in [1.54, 1.807) is 0 Å². The van der Waals surface area contributed by atoms with Crippen LogP contribution in [0.4, 0.5) is 0 Å². The molecule has 0 spiro atoms. The number of halogens is 1. The first-order valence-corrected chi connectivity index (χ1v) is 2.16. The molecule has 1 saturated heterocycles. The molecule has 1 fully saturated rings. The van der Waals surface area contributed by atoms with Gasteiger partial charge in [0.25, 0.3) is 0 Å². The van der Waals surface area contributed by atoms with Gasteiger partial charge in [0.2, 0.25) is 5.91 Å². The summed E-state index contributed by atoms with van der Waals surface area (Å²) >= 11 is 0. The summed E-state index contributed by atoms with van der Waals surface area (Å²) in [5, 5.41) is 2.68. The largest absolute Gasteiger partial charge is 2.00 e. The molecular formula is C4H10BrMgNO. The average molecular weight is 192 g/mol. The van der Waals surface area contributed by atoms with E-state index in [0.29, 0.717) is 0 Å². The summed E-state index contributed by atoms with van der Waals surface area (Å²) < 4.78 is 0. The van der Waals surface area contributed by atoms with Crippen molar-refractivity contribution in [1.82, 2.24) is 5.32 Å². The summed E-state index contributed by atoms with van der Waals surface area (Å²) in [6.07, 6.45) is 1.76. The van der Waals surface area contributed by atoms with E-state index < -0.39 is 0 Å². The Morgan fingerprint density at radius 3 is 2.38 bits per heavy atom. The molecular weight excluding hydrogens is 182 g/mol. The number of hydrogen-bond donors (Lipinski definition) is 1. The van der Waals surface area contributed by atoms with E-state index in [1.807, 2.05) is 0 Å². The normalized spacial score (nSPS) is 15.8. The van der Waals surface area contributed by atoms with Gasteiger partial charge in [0, 0.05) is 13.0 Å². The first-order chi connectivity index (χ1) is 2.89. The fourth-order valence-corrected chi connectivity index (χ4v) is 0.565. The van der Waals surface area contributed by atoms with Gasteiger partial charge in [-0.15, -0.1) is 17.0 Å². The van der Waals surface area contributed by atoms with Gasteiger partial charge in [0.15, 0.2) is 0 Å². The van der Waals surface area contributed by atoms with E-state index >= 15 is 0 Å². The van der Waals surface area contributed by atoms with Crippen LogP contribution in [0.15, 0.2) is 0 Å². The molecule has 1 rings (SSSR count). The van der Waals surface area contributed by atoms with Crippen LogP contribution in [0.5, 0.6) is 0 Å². The minimum absolute atomic E-state index is 0. The zero-order valence-corrected chi connectivity index (χ0v) is 7.77. The van der Waals surface area contributed by atoms with Gasteiger partial charge in [0.05, 0.1) is 0 Å². The number of carbonyl (C=O) groups excluding carboxylic acids is 1. The Morgan fingerprint density at radius 2 is 2.25 bits per heavy atom. The van der Waals surface area contributed by atoms with Gasteiger partial charge >= 0.3 is 23.1 Å². The maximum Gasteiger partial charge on any atom is 2.00 e. The van der Waals surface area contributed by atoms with Crippen LogP contribution in [-0.2, 0) is 4.79 Å². The number of amides is 1. The van der Waals surface area contributed by atoms with Gasteiger partial charge in [-0.25, -0.2) is 0 Å². The van der Waals surface area contributed by atoms with Crippen LogP contribution in [0.1, 0.15) is 15.7 Å². The van der Waals surface area contributed by atoms with E-state index in [9.17, 15) is 4.79 Å². The zero-order valence-electron chi connectivity index (χ0n) is 6.64. The third-order valence-electron chi connectivity index (χ3n) is 0.903. The number of hydrogen-bond acceptors (Lipinski definition) is 1. The Balaban J connectivity index is -0.0000000450. The molecule has 0 atom stereocenters. The Labute approximate surface area is 78.3 Å². The molecule has 2 nitrogen and oxygen atoms in total. The van der Waals surface area contributed by atoms with Crippen molar-refractivity contribution >= 4 is 45.9 Å². The second-order valence-corrected chi connectivity index (χ2v) is 1.45. The molecule has 46 valence electrons. The summed E-state index contributed by atoms with van der Waals surface area (Å²) in [5.41, 5.74) is 0. The third kappa shape index (κ3) is 3.69. The van der Waals surface area contributed by atoms with E-state index in [4.69, 9.17) is 0 Å². The van der Waals surface area contributed by atoms with Crippen molar-refractivity contribution < 1.29 is 7.65 Å². The van der Waals surface area contributed by atoms with Crippen LogP contribution in [0.25, 0.3) is 0 Å². The Hall–Kier alpha value is 0.716.